The zero-order chi connectivity index (χ0) is 18.7. The van der Waals surface area contributed by atoms with Gasteiger partial charge >= 0.3 is 5.97 Å². The van der Waals surface area contributed by atoms with Crippen molar-refractivity contribution < 1.29 is 14.3 Å². The lowest BCUT2D eigenvalue weighted by molar-refractivity contribution is -0.142. The SMILES string of the molecule is O=C(N[C@]1(CC2CCCCC2)C(=O)OC2=CC=CC=C[C@H]21)c1ccccc1. The maximum absolute atomic E-state index is 13.1. The van der Waals surface area contributed by atoms with E-state index in [0.717, 1.165) is 12.8 Å². The highest BCUT2D eigenvalue weighted by molar-refractivity contribution is 5.99. The number of hydrogen-bond acceptors (Lipinski definition) is 3. The molecule has 0 aromatic heterocycles. The zero-order valence-corrected chi connectivity index (χ0v) is 15.4. The van der Waals surface area contributed by atoms with E-state index in [-0.39, 0.29) is 17.8 Å². The fourth-order valence-electron chi connectivity index (χ4n) is 4.52. The lowest BCUT2D eigenvalue weighted by atomic mass is 9.73. The van der Waals surface area contributed by atoms with Crippen LogP contribution >= 0.6 is 0 Å². The number of rotatable bonds is 4. The Kier molecular flexibility index (Phi) is 4.97. The number of carbonyl (C=O) groups is 2. The van der Waals surface area contributed by atoms with Crippen LogP contribution in [-0.2, 0) is 9.53 Å². The van der Waals surface area contributed by atoms with Crippen LogP contribution < -0.4 is 5.32 Å². The van der Waals surface area contributed by atoms with Gasteiger partial charge in [0, 0.05) is 5.56 Å². The highest BCUT2D eigenvalue weighted by atomic mass is 16.5. The summed E-state index contributed by atoms with van der Waals surface area (Å²) in [5, 5.41) is 3.10. The van der Waals surface area contributed by atoms with Crippen LogP contribution in [0.1, 0.15) is 48.9 Å². The van der Waals surface area contributed by atoms with Gasteiger partial charge in [0.25, 0.3) is 5.91 Å². The van der Waals surface area contributed by atoms with Crippen molar-refractivity contribution >= 4 is 11.9 Å². The Bertz CT molecular complexity index is 802. The minimum absolute atomic E-state index is 0.227. The first-order valence-electron chi connectivity index (χ1n) is 9.84. The molecule has 2 aliphatic carbocycles. The zero-order valence-electron chi connectivity index (χ0n) is 15.4. The second kappa shape index (κ2) is 7.55. The molecule has 1 aromatic carbocycles. The molecule has 2 fully saturated rings. The number of carbonyl (C=O) groups excluding carboxylic acids is 2. The van der Waals surface area contributed by atoms with Gasteiger partial charge in [-0.3, -0.25) is 4.79 Å². The third-order valence-corrected chi connectivity index (χ3v) is 5.91. The Morgan fingerprint density at radius 3 is 2.63 bits per heavy atom. The van der Waals surface area contributed by atoms with E-state index in [1.54, 1.807) is 12.1 Å². The predicted molar refractivity (Wildman–Crippen MR) is 104 cm³/mol. The maximum atomic E-state index is 13.1. The van der Waals surface area contributed by atoms with E-state index in [1.807, 2.05) is 48.6 Å². The summed E-state index contributed by atoms with van der Waals surface area (Å²) < 4.78 is 5.64. The molecule has 0 unspecified atom stereocenters. The fraction of sp³-hybridized carbons (Fsp3) is 0.391. The average Bonchev–Trinajstić information content (AvgIpc) is 2.84. The molecule has 0 radical (unpaired) electrons. The van der Waals surface area contributed by atoms with Crippen molar-refractivity contribution in [1.29, 1.82) is 0 Å². The van der Waals surface area contributed by atoms with E-state index in [9.17, 15) is 9.59 Å². The highest BCUT2D eigenvalue weighted by Crippen LogP contribution is 2.44. The van der Waals surface area contributed by atoms with Crippen molar-refractivity contribution in [2.24, 2.45) is 11.8 Å². The monoisotopic (exact) mass is 363 g/mol. The van der Waals surface area contributed by atoms with Gasteiger partial charge in [-0.15, -0.1) is 0 Å². The van der Waals surface area contributed by atoms with Crippen molar-refractivity contribution in [2.75, 3.05) is 0 Å². The molecule has 1 saturated heterocycles. The summed E-state index contributed by atoms with van der Waals surface area (Å²) in [5.41, 5.74) is -0.481. The van der Waals surface area contributed by atoms with Crippen molar-refractivity contribution in [3.63, 3.8) is 0 Å². The van der Waals surface area contributed by atoms with Gasteiger partial charge in [-0.25, -0.2) is 4.79 Å². The molecule has 1 amide bonds. The number of benzene rings is 1. The fourth-order valence-corrected chi connectivity index (χ4v) is 4.52. The van der Waals surface area contributed by atoms with E-state index in [2.05, 4.69) is 5.32 Å². The Hall–Kier alpha value is -2.62. The molecule has 1 heterocycles. The normalized spacial score (nSPS) is 27.5. The van der Waals surface area contributed by atoms with Crippen LogP contribution in [0.3, 0.4) is 0 Å². The van der Waals surface area contributed by atoms with Gasteiger partial charge in [0.15, 0.2) is 5.54 Å². The number of nitrogens with one attached hydrogen (secondary N) is 1. The number of hydrogen-bond donors (Lipinski definition) is 1. The Morgan fingerprint density at radius 2 is 1.85 bits per heavy atom. The Labute approximate surface area is 160 Å². The molecule has 1 N–H and O–H groups in total. The summed E-state index contributed by atoms with van der Waals surface area (Å²) >= 11 is 0. The van der Waals surface area contributed by atoms with Crippen LogP contribution in [0.15, 0.2) is 66.5 Å². The first kappa shape index (κ1) is 17.8. The van der Waals surface area contributed by atoms with Crippen LogP contribution in [0.4, 0.5) is 0 Å². The van der Waals surface area contributed by atoms with Crippen LogP contribution in [0.5, 0.6) is 0 Å². The van der Waals surface area contributed by atoms with Gasteiger partial charge in [-0.2, -0.15) is 0 Å². The van der Waals surface area contributed by atoms with Gasteiger partial charge in [0.2, 0.25) is 0 Å². The minimum Gasteiger partial charge on any atom is -0.429 e. The number of ether oxygens (including phenoxy) is 1. The molecule has 27 heavy (non-hydrogen) atoms. The van der Waals surface area contributed by atoms with Gasteiger partial charge in [-0.05, 0) is 30.5 Å². The van der Waals surface area contributed by atoms with Crippen LogP contribution in [0, 0.1) is 11.8 Å². The summed E-state index contributed by atoms with van der Waals surface area (Å²) in [4.78, 5) is 26.1. The summed E-state index contributed by atoms with van der Waals surface area (Å²) in [6.45, 7) is 0. The predicted octanol–water partition coefficient (Wildman–Crippen LogP) is 4.31. The van der Waals surface area contributed by atoms with E-state index in [1.165, 1.54) is 19.3 Å². The minimum atomic E-state index is -1.04. The molecule has 4 rings (SSSR count). The van der Waals surface area contributed by atoms with Gasteiger partial charge in [-0.1, -0.05) is 74.6 Å². The van der Waals surface area contributed by atoms with Crippen molar-refractivity contribution in [1.82, 2.24) is 5.32 Å². The molecular formula is C23H25NO3. The highest BCUT2D eigenvalue weighted by Gasteiger charge is 2.56. The summed E-state index contributed by atoms with van der Waals surface area (Å²) in [5.74, 6) is 0.207. The lowest BCUT2D eigenvalue weighted by Gasteiger charge is -2.35. The second-order valence-electron chi connectivity index (χ2n) is 7.71. The number of amides is 1. The standard InChI is InChI=1S/C23H25NO3/c25-21(18-12-6-2-7-13-18)24-23(16-17-10-4-1-5-11-17)19-14-8-3-9-15-20(19)27-22(23)26/h2-3,6-9,12-15,17,19H,1,4-5,10-11,16H2,(H,24,25)/t19-,23+/m1/s1. The molecule has 140 valence electrons. The largest absolute Gasteiger partial charge is 0.429 e. The first-order chi connectivity index (χ1) is 13.2. The van der Waals surface area contributed by atoms with Gasteiger partial charge in [0.05, 0.1) is 5.92 Å². The van der Waals surface area contributed by atoms with E-state index in [0.29, 0.717) is 23.7 Å². The molecule has 1 aromatic rings. The van der Waals surface area contributed by atoms with E-state index < -0.39 is 5.54 Å². The number of fused-ring (bicyclic) bond motifs is 1. The molecule has 0 spiro atoms. The second-order valence-corrected chi connectivity index (χ2v) is 7.71. The average molecular weight is 363 g/mol. The molecule has 4 heteroatoms. The quantitative estimate of drug-likeness (QED) is 0.811. The van der Waals surface area contributed by atoms with Crippen LogP contribution in [0.25, 0.3) is 0 Å². The molecule has 0 bridgehead atoms. The van der Waals surface area contributed by atoms with Crippen LogP contribution in [0.2, 0.25) is 0 Å². The van der Waals surface area contributed by atoms with Crippen LogP contribution in [-0.4, -0.2) is 17.4 Å². The smallest absolute Gasteiger partial charge is 0.338 e. The third kappa shape index (κ3) is 3.48. The molecule has 2 atom stereocenters. The summed E-state index contributed by atoms with van der Waals surface area (Å²) in [6.07, 6.45) is 16.0. The van der Waals surface area contributed by atoms with Crippen molar-refractivity contribution in [3.05, 3.63) is 72.0 Å². The van der Waals surface area contributed by atoms with Crippen molar-refractivity contribution in [3.8, 4) is 0 Å². The molecule has 1 aliphatic heterocycles. The summed E-state index contributed by atoms with van der Waals surface area (Å²) in [7, 11) is 0. The lowest BCUT2D eigenvalue weighted by Crippen LogP contribution is -2.57. The Balaban J connectivity index is 1.68. The molecular weight excluding hydrogens is 338 g/mol. The first-order valence-corrected chi connectivity index (χ1v) is 9.84. The van der Waals surface area contributed by atoms with Gasteiger partial charge in [0.1, 0.15) is 5.76 Å². The number of allylic oxidation sites excluding steroid dienone is 4. The molecule has 4 nitrogen and oxygen atoms in total. The Morgan fingerprint density at radius 1 is 1.07 bits per heavy atom. The van der Waals surface area contributed by atoms with E-state index >= 15 is 0 Å². The van der Waals surface area contributed by atoms with Crippen molar-refractivity contribution in [2.45, 2.75) is 44.1 Å². The molecule has 1 saturated carbocycles. The summed E-state index contributed by atoms with van der Waals surface area (Å²) in [6, 6.07) is 9.07. The third-order valence-electron chi connectivity index (χ3n) is 5.91. The van der Waals surface area contributed by atoms with E-state index in [4.69, 9.17) is 4.74 Å². The number of esters is 1. The van der Waals surface area contributed by atoms with Gasteiger partial charge < -0.3 is 10.1 Å². The maximum Gasteiger partial charge on any atom is 0.338 e. The molecule has 3 aliphatic rings. The topological polar surface area (TPSA) is 55.4 Å².